The monoisotopic (exact) mass is 1230 g/mol. The Hall–Kier alpha value is -6.78. The SMILES string of the molecule is C#CC1CC1.CN1C(=O)C2(N=C1N)c1cc(C#CC3CC3)ccc1CC21CCC(F)(F)CC1.CN1C(=O)NC2(C1=O)c1cc(Br)ccc1CC21CCC(F)(F)CC1.CN1C(=O)NC2(C1=O)c1cc(C#CC3CC3)ccc1CC21CCC(F)(F)CC1. The molecule has 12 aliphatic rings. The molecule has 6 spiro atoms. The Morgan fingerprint density at radius 1 is 0.518 bits per heavy atom. The van der Waals surface area contributed by atoms with E-state index in [0.717, 1.165) is 84.5 Å². The third-order valence-electron chi connectivity index (χ3n) is 20.7. The molecular weight excluding hydrogens is 1160 g/mol. The molecule has 3 aromatic carbocycles. The summed E-state index contributed by atoms with van der Waals surface area (Å²) in [6.45, 7) is 0. The molecule has 3 unspecified atom stereocenters. The molecule has 85 heavy (non-hydrogen) atoms. The molecule has 0 aromatic heterocycles. The van der Waals surface area contributed by atoms with Gasteiger partial charge in [0, 0.05) is 109 Å². The minimum absolute atomic E-state index is 0.157. The molecule has 3 atom stereocenters. The summed E-state index contributed by atoms with van der Waals surface area (Å²) in [5, 5.41) is 5.79. The van der Waals surface area contributed by atoms with Crippen LogP contribution in [0.2, 0.25) is 0 Å². The zero-order valence-corrected chi connectivity index (χ0v) is 49.5. The lowest BCUT2D eigenvalue weighted by atomic mass is 9.61. The van der Waals surface area contributed by atoms with E-state index < -0.39 is 62.7 Å². The quantitative estimate of drug-likeness (QED) is 0.116. The number of benzene rings is 3. The molecule has 12 nitrogen and oxygen atoms in total. The number of nitrogens with two attached hydrogens (primary N) is 1. The number of carbonyl (C=O) groups excluding carboxylic acids is 5. The van der Waals surface area contributed by atoms with Gasteiger partial charge in [0.1, 0.15) is 0 Å². The molecule has 8 fully saturated rings. The largest absolute Gasteiger partial charge is 0.369 e. The van der Waals surface area contributed by atoms with Crippen LogP contribution >= 0.6 is 15.9 Å². The summed E-state index contributed by atoms with van der Waals surface area (Å²) in [5.41, 5.74) is 7.15. The predicted octanol–water partition coefficient (Wildman–Crippen LogP) is 11.4. The summed E-state index contributed by atoms with van der Waals surface area (Å²) in [5.74, 6) is 8.28. The first-order valence-corrected chi connectivity index (χ1v) is 30.5. The van der Waals surface area contributed by atoms with Crippen LogP contribution in [0.3, 0.4) is 0 Å². The number of urea groups is 2. The molecule has 2 saturated heterocycles. The molecule has 3 aromatic rings. The first-order valence-electron chi connectivity index (χ1n) is 29.7. The van der Waals surface area contributed by atoms with Gasteiger partial charge in [-0.05, 0) is 166 Å². The standard InChI is InChI=1S/C22H23F2N3O.C22H22F2N2O2.C17H17BrF2N2O2.C5H6/c1-27-18(28)22(26-19(27)25)17-12-15(5-4-14-2-3-14)6-7-16(17)13-20(22)8-10-21(23,24)11-9-20;1-26-18(27)22(25-19(26)28)17-12-15(5-4-14-2-3-14)6-7-16(17)13-20(22)8-10-21(23,24)11-9-20;1-22-13(23)17(21-14(22)24)12-8-11(18)3-2-10(12)9-15(17)4-6-16(19,20)7-5-15;1-2-5-3-4-5/h6-7,12,14H,2-3,8-11,13H2,1H3,(H2,25,26);6-7,12,14H,2-3,8-11,13H2,1H3,(H,25,28);2-3,8H,4-7,9H2,1H3,(H,21,24);1,5H,3-4H2. The van der Waals surface area contributed by atoms with Crippen LogP contribution in [0, 0.1) is 70.0 Å². The maximum atomic E-state index is 14.0. The molecule has 15 rings (SSSR count). The fraction of sp³-hybridized carbons (Fsp3) is 0.545. The lowest BCUT2D eigenvalue weighted by molar-refractivity contribution is -0.142. The normalized spacial score (nSPS) is 29.3. The first-order chi connectivity index (χ1) is 40.2. The van der Waals surface area contributed by atoms with E-state index in [4.69, 9.17) is 12.2 Å². The average Bonchev–Trinajstić information content (AvgIpc) is 1.59. The Bertz CT molecular complexity index is 3550. The van der Waals surface area contributed by atoms with Crippen LogP contribution in [0.15, 0.2) is 64.1 Å². The number of nitrogens with one attached hydrogen (secondary N) is 2. The summed E-state index contributed by atoms with van der Waals surface area (Å²) in [6.07, 6.45) is 13.6. The number of halogens is 7. The number of likely N-dealkylation sites (N-methyl/N-ethyl adjacent to an activating group) is 3. The highest BCUT2D eigenvalue weighted by Gasteiger charge is 2.71. The van der Waals surface area contributed by atoms with Crippen LogP contribution in [0.4, 0.5) is 35.9 Å². The van der Waals surface area contributed by atoms with Crippen molar-refractivity contribution in [1.82, 2.24) is 25.3 Å². The molecule has 7 amide bonds. The molecule has 0 radical (unpaired) electrons. The average molecular weight is 1230 g/mol. The second-order valence-electron chi connectivity index (χ2n) is 26.1. The summed E-state index contributed by atoms with van der Waals surface area (Å²) in [6, 6.07) is 16.4. The number of nitrogens with zero attached hydrogens (tertiary/aromatic N) is 4. The maximum Gasteiger partial charge on any atom is 0.325 e. The van der Waals surface area contributed by atoms with Crippen molar-refractivity contribution in [3.8, 4) is 36.0 Å². The molecule has 4 N–H and O–H groups in total. The topological polar surface area (TPSA) is 158 Å². The number of rotatable bonds is 0. The van der Waals surface area contributed by atoms with Gasteiger partial charge < -0.3 is 16.4 Å². The van der Waals surface area contributed by atoms with Gasteiger partial charge in [-0.25, -0.2) is 40.9 Å². The van der Waals surface area contributed by atoms with Crippen LogP contribution in [-0.4, -0.2) is 89.4 Å². The number of aliphatic imine (C=N–C) groups is 1. The van der Waals surface area contributed by atoms with Gasteiger partial charge in [-0.3, -0.25) is 29.1 Å². The predicted molar refractivity (Wildman–Crippen MR) is 308 cm³/mol. The van der Waals surface area contributed by atoms with Gasteiger partial charge in [0.15, 0.2) is 22.6 Å². The van der Waals surface area contributed by atoms with E-state index in [-0.39, 0.29) is 101 Å². The second kappa shape index (κ2) is 20.4. The Kier molecular flexibility index (Phi) is 14.1. The van der Waals surface area contributed by atoms with Gasteiger partial charge in [0.25, 0.3) is 17.7 Å². The van der Waals surface area contributed by atoms with Crippen molar-refractivity contribution in [3.05, 3.63) is 104 Å². The van der Waals surface area contributed by atoms with Crippen molar-refractivity contribution in [2.24, 2.45) is 44.7 Å². The van der Waals surface area contributed by atoms with Gasteiger partial charge in [-0.15, -0.1) is 12.3 Å². The van der Waals surface area contributed by atoms with Crippen LogP contribution in [-0.2, 0) is 50.3 Å². The number of guanidine groups is 1. The number of hydrogen-bond acceptors (Lipinski definition) is 7. The number of terminal acetylenes is 1. The van der Waals surface area contributed by atoms with E-state index in [1.807, 2.05) is 54.6 Å². The highest BCUT2D eigenvalue weighted by molar-refractivity contribution is 9.10. The Labute approximate surface area is 499 Å². The molecule has 6 saturated carbocycles. The van der Waals surface area contributed by atoms with Gasteiger partial charge in [0.05, 0.1) is 0 Å². The fourth-order valence-corrected chi connectivity index (χ4v) is 15.6. The second-order valence-corrected chi connectivity index (χ2v) is 27.1. The number of imide groups is 2. The van der Waals surface area contributed by atoms with E-state index in [9.17, 15) is 50.3 Å². The first kappa shape index (κ1) is 58.6. The Balaban J connectivity index is 0.000000120. The van der Waals surface area contributed by atoms with Crippen LogP contribution in [0.25, 0.3) is 0 Å². The molecule has 9 aliphatic carbocycles. The van der Waals surface area contributed by atoms with Crippen molar-refractivity contribution in [2.45, 2.75) is 169 Å². The summed E-state index contributed by atoms with van der Waals surface area (Å²) in [4.78, 5) is 72.7. The van der Waals surface area contributed by atoms with Crippen LogP contribution < -0.4 is 16.4 Å². The van der Waals surface area contributed by atoms with Gasteiger partial charge in [-0.2, -0.15) is 0 Å². The lowest BCUT2D eigenvalue weighted by Gasteiger charge is -2.46. The van der Waals surface area contributed by atoms with E-state index >= 15 is 0 Å². The third kappa shape index (κ3) is 9.70. The minimum atomic E-state index is -2.71. The summed E-state index contributed by atoms with van der Waals surface area (Å²) >= 11 is 3.42. The van der Waals surface area contributed by atoms with E-state index in [1.165, 1.54) is 31.8 Å². The summed E-state index contributed by atoms with van der Waals surface area (Å²) in [7, 11) is 4.50. The fourth-order valence-electron chi connectivity index (χ4n) is 15.2. The molecule has 19 heteroatoms. The van der Waals surface area contributed by atoms with E-state index in [0.29, 0.717) is 37.0 Å². The molecular formula is C66H68BrF6N7O5. The molecule has 3 aliphatic heterocycles. The number of hydrogen-bond donors (Lipinski definition) is 3. The number of carbonyl (C=O) groups is 5. The maximum absolute atomic E-state index is 14.0. The third-order valence-corrected chi connectivity index (χ3v) is 21.2. The smallest absolute Gasteiger partial charge is 0.325 e. The van der Waals surface area contributed by atoms with Crippen molar-refractivity contribution in [1.29, 1.82) is 0 Å². The lowest BCUT2D eigenvalue weighted by Crippen LogP contribution is -2.57. The summed E-state index contributed by atoms with van der Waals surface area (Å²) < 4.78 is 84.2. The zero-order chi connectivity index (χ0) is 60.5. The number of amides is 7. The van der Waals surface area contributed by atoms with Crippen molar-refractivity contribution in [2.75, 3.05) is 21.1 Å². The number of alkyl halides is 6. The number of fused-ring (bicyclic) bond motifs is 9. The molecule has 3 heterocycles. The van der Waals surface area contributed by atoms with Crippen molar-refractivity contribution < 1.29 is 50.3 Å². The van der Waals surface area contributed by atoms with Crippen molar-refractivity contribution in [3.63, 3.8) is 0 Å². The van der Waals surface area contributed by atoms with E-state index in [1.54, 1.807) is 7.05 Å². The van der Waals surface area contributed by atoms with Crippen LogP contribution in [0.1, 0.15) is 160 Å². The van der Waals surface area contributed by atoms with Crippen molar-refractivity contribution >= 4 is 51.7 Å². The van der Waals surface area contributed by atoms with Crippen LogP contribution in [0.5, 0.6) is 0 Å². The highest BCUT2D eigenvalue weighted by atomic mass is 79.9. The van der Waals surface area contributed by atoms with Gasteiger partial charge in [-0.1, -0.05) is 57.8 Å². The Morgan fingerprint density at radius 2 is 0.894 bits per heavy atom. The van der Waals surface area contributed by atoms with E-state index in [2.05, 4.69) is 61.2 Å². The molecule has 0 bridgehead atoms. The van der Waals surface area contributed by atoms with Gasteiger partial charge >= 0.3 is 12.1 Å². The zero-order valence-electron chi connectivity index (χ0n) is 47.9. The minimum Gasteiger partial charge on any atom is -0.369 e. The molecule has 446 valence electrons. The van der Waals surface area contributed by atoms with Gasteiger partial charge in [0.2, 0.25) is 17.8 Å². The highest BCUT2D eigenvalue weighted by Crippen LogP contribution is 2.65. The Morgan fingerprint density at radius 3 is 1.26 bits per heavy atom.